The zero-order chi connectivity index (χ0) is 13.9. The van der Waals surface area contributed by atoms with Crippen LogP contribution in [0.25, 0.3) is 0 Å². The predicted octanol–water partition coefficient (Wildman–Crippen LogP) is 1.94. The Labute approximate surface area is 113 Å². The van der Waals surface area contributed by atoms with E-state index in [0.29, 0.717) is 10.6 Å². The van der Waals surface area contributed by atoms with Gasteiger partial charge in [0.2, 0.25) is 10.0 Å². The van der Waals surface area contributed by atoms with E-state index in [1.165, 1.54) is 6.07 Å². The van der Waals surface area contributed by atoms with Crippen molar-refractivity contribution < 1.29 is 13.5 Å². The number of halogens is 1. The van der Waals surface area contributed by atoms with E-state index in [2.05, 4.69) is 4.72 Å². The second-order valence-corrected chi connectivity index (χ2v) is 6.68. The molecule has 18 heavy (non-hydrogen) atoms. The summed E-state index contributed by atoms with van der Waals surface area (Å²) < 4.78 is 26.9. The number of hydrogen-bond donors (Lipinski definition) is 2. The van der Waals surface area contributed by atoms with Crippen molar-refractivity contribution in [2.45, 2.75) is 31.7 Å². The maximum absolute atomic E-state index is 12.2. The van der Waals surface area contributed by atoms with Gasteiger partial charge in [-0.1, -0.05) is 31.5 Å². The first-order valence-electron chi connectivity index (χ1n) is 5.67. The molecule has 1 aromatic rings. The number of hydrogen-bond acceptors (Lipinski definition) is 3. The Hall–Kier alpha value is -0.620. The van der Waals surface area contributed by atoms with Crippen molar-refractivity contribution >= 4 is 21.6 Å². The predicted molar refractivity (Wildman–Crippen MR) is 72.2 cm³/mol. The molecule has 1 rings (SSSR count). The van der Waals surface area contributed by atoms with Crippen LogP contribution in [0.4, 0.5) is 0 Å². The first-order chi connectivity index (χ1) is 8.27. The lowest BCUT2D eigenvalue weighted by Crippen LogP contribution is -2.41. The molecular weight excluding hydrogens is 274 g/mol. The van der Waals surface area contributed by atoms with Crippen LogP contribution >= 0.6 is 11.6 Å². The summed E-state index contributed by atoms with van der Waals surface area (Å²) in [5.41, 5.74) is 0.618. The molecule has 0 aliphatic carbocycles. The molecule has 0 fully saturated rings. The molecule has 0 bridgehead atoms. The number of benzene rings is 1. The lowest BCUT2D eigenvalue weighted by molar-refractivity contribution is 0.227. The summed E-state index contributed by atoms with van der Waals surface area (Å²) in [4.78, 5) is 0.147. The number of sulfonamides is 1. The molecule has 1 atom stereocenters. The Balaban J connectivity index is 3.10. The zero-order valence-corrected chi connectivity index (χ0v) is 12.2. The highest BCUT2D eigenvalue weighted by molar-refractivity contribution is 7.89. The van der Waals surface area contributed by atoms with Crippen molar-refractivity contribution in [1.82, 2.24) is 4.72 Å². The van der Waals surface area contributed by atoms with Crippen LogP contribution in [0.1, 0.15) is 19.4 Å². The third kappa shape index (κ3) is 3.68. The molecule has 0 unspecified atom stereocenters. The second-order valence-electron chi connectivity index (χ2n) is 4.56. The van der Waals surface area contributed by atoms with Gasteiger partial charge in [0.05, 0.1) is 11.5 Å². The van der Waals surface area contributed by atoms with Gasteiger partial charge >= 0.3 is 0 Å². The van der Waals surface area contributed by atoms with Crippen molar-refractivity contribution in [3.8, 4) is 0 Å². The Morgan fingerprint density at radius 1 is 1.39 bits per heavy atom. The molecule has 0 spiro atoms. The van der Waals surface area contributed by atoms with Gasteiger partial charge in [0.1, 0.15) is 0 Å². The average Bonchev–Trinajstić information content (AvgIpc) is 2.28. The van der Waals surface area contributed by atoms with Gasteiger partial charge in [-0.05, 0) is 30.5 Å². The van der Waals surface area contributed by atoms with E-state index in [-0.39, 0.29) is 17.4 Å². The second kappa shape index (κ2) is 6.02. The summed E-state index contributed by atoms with van der Waals surface area (Å²) in [5, 5.41) is 9.54. The number of aliphatic hydroxyl groups is 1. The van der Waals surface area contributed by atoms with E-state index in [1.807, 2.05) is 13.8 Å². The molecule has 0 saturated carbocycles. The minimum Gasteiger partial charge on any atom is -0.395 e. The highest BCUT2D eigenvalue weighted by atomic mass is 35.5. The highest BCUT2D eigenvalue weighted by Gasteiger charge is 2.23. The number of rotatable bonds is 5. The number of aliphatic hydroxyl groups excluding tert-OH is 1. The van der Waals surface area contributed by atoms with E-state index in [0.717, 1.165) is 0 Å². The molecule has 0 amide bonds. The van der Waals surface area contributed by atoms with Crippen molar-refractivity contribution in [2.24, 2.45) is 5.92 Å². The molecule has 0 aliphatic heterocycles. The fourth-order valence-electron chi connectivity index (χ4n) is 1.51. The molecule has 0 radical (unpaired) electrons. The first-order valence-corrected chi connectivity index (χ1v) is 7.53. The van der Waals surface area contributed by atoms with Crippen LogP contribution in [-0.4, -0.2) is 26.2 Å². The van der Waals surface area contributed by atoms with Crippen molar-refractivity contribution in [3.05, 3.63) is 28.8 Å². The molecule has 102 valence electrons. The monoisotopic (exact) mass is 291 g/mol. The van der Waals surface area contributed by atoms with Crippen LogP contribution in [0.2, 0.25) is 5.02 Å². The fraction of sp³-hybridized carbons (Fsp3) is 0.500. The van der Waals surface area contributed by atoms with Crippen LogP contribution in [0.5, 0.6) is 0 Å². The summed E-state index contributed by atoms with van der Waals surface area (Å²) >= 11 is 5.81. The molecule has 4 nitrogen and oxygen atoms in total. The quantitative estimate of drug-likeness (QED) is 0.871. The lowest BCUT2D eigenvalue weighted by atomic mass is 10.1. The Kier molecular flexibility index (Phi) is 5.16. The van der Waals surface area contributed by atoms with Crippen molar-refractivity contribution in [3.63, 3.8) is 0 Å². The van der Waals surface area contributed by atoms with Gasteiger partial charge in [0.25, 0.3) is 0 Å². The normalized spacial score (nSPS) is 13.9. The maximum atomic E-state index is 12.2. The minimum absolute atomic E-state index is 0.00395. The fourth-order valence-corrected chi connectivity index (χ4v) is 3.39. The van der Waals surface area contributed by atoms with Crippen LogP contribution < -0.4 is 4.72 Å². The van der Waals surface area contributed by atoms with Crippen LogP contribution in [0.3, 0.4) is 0 Å². The molecule has 6 heteroatoms. The van der Waals surface area contributed by atoms with Gasteiger partial charge in [0.15, 0.2) is 0 Å². The molecule has 2 N–H and O–H groups in total. The van der Waals surface area contributed by atoms with E-state index in [4.69, 9.17) is 11.6 Å². The summed E-state index contributed by atoms with van der Waals surface area (Å²) in [6.45, 7) is 5.15. The van der Waals surface area contributed by atoms with Gasteiger partial charge in [-0.25, -0.2) is 13.1 Å². The maximum Gasteiger partial charge on any atom is 0.241 e. The molecular formula is C12H18ClNO3S. The van der Waals surface area contributed by atoms with E-state index in [1.54, 1.807) is 19.1 Å². The molecule has 0 aliphatic rings. The minimum atomic E-state index is -3.66. The van der Waals surface area contributed by atoms with E-state index >= 15 is 0 Å². The summed E-state index contributed by atoms with van der Waals surface area (Å²) in [6, 6.07) is 4.20. The highest BCUT2D eigenvalue weighted by Crippen LogP contribution is 2.20. The number of aryl methyl sites for hydroxylation is 1. The third-order valence-electron chi connectivity index (χ3n) is 2.75. The Bertz CT molecular complexity index is 514. The SMILES string of the molecule is Cc1ccc(Cl)cc1S(=O)(=O)N[C@H](CO)C(C)C. The Morgan fingerprint density at radius 3 is 2.50 bits per heavy atom. The third-order valence-corrected chi connectivity index (χ3v) is 4.61. The van der Waals surface area contributed by atoms with Gasteiger partial charge in [0, 0.05) is 11.1 Å². The van der Waals surface area contributed by atoms with Gasteiger partial charge < -0.3 is 5.11 Å². The van der Waals surface area contributed by atoms with Crippen molar-refractivity contribution in [1.29, 1.82) is 0 Å². The largest absolute Gasteiger partial charge is 0.395 e. The smallest absolute Gasteiger partial charge is 0.241 e. The van der Waals surface area contributed by atoms with Gasteiger partial charge in [-0.15, -0.1) is 0 Å². The average molecular weight is 292 g/mol. The Morgan fingerprint density at radius 2 is 2.00 bits per heavy atom. The molecule has 0 heterocycles. The van der Waals surface area contributed by atoms with Crippen LogP contribution in [0, 0.1) is 12.8 Å². The van der Waals surface area contributed by atoms with E-state index in [9.17, 15) is 13.5 Å². The van der Waals surface area contributed by atoms with Crippen LogP contribution in [-0.2, 0) is 10.0 Å². The van der Waals surface area contributed by atoms with E-state index < -0.39 is 16.1 Å². The van der Waals surface area contributed by atoms with Gasteiger partial charge in [-0.3, -0.25) is 0 Å². The van der Waals surface area contributed by atoms with Crippen molar-refractivity contribution in [2.75, 3.05) is 6.61 Å². The molecule has 1 aromatic carbocycles. The number of nitrogens with one attached hydrogen (secondary N) is 1. The van der Waals surface area contributed by atoms with Crippen LogP contribution in [0.15, 0.2) is 23.1 Å². The lowest BCUT2D eigenvalue weighted by Gasteiger charge is -2.20. The summed E-state index contributed by atoms with van der Waals surface area (Å²) in [5.74, 6) is 0.00395. The topological polar surface area (TPSA) is 66.4 Å². The standard InChI is InChI=1S/C12H18ClNO3S/c1-8(2)11(7-15)14-18(16,17)12-6-10(13)5-4-9(12)3/h4-6,8,11,14-15H,7H2,1-3H3/t11-/m1/s1. The van der Waals surface area contributed by atoms with Gasteiger partial charge in [-0.2, -0.15) is 0 Å². The molecule has 0 aromatic heterocycles. The first kappa shape index (κ1) is 15.4. The summed E-state index contributed by atoms with van der Waals surface area (Å²) in [6.07, 6.45) is 0. The summed E-state index contributed by atoms with van der Waals surface area (Å²) in [7, 11) is -3.66. The zero-order valence-electron chi connectivity index (χ0n) is 10.6. The molecule has 0 saturated heterocycles.